The van der Waals surface area contributed by atoms with Gasteiger partial charge in [-0.15, -0.1) is 0 Å². The number of rotatable bonds is 3. The van der Waals surface area contributed by atoms with E-state index < -0.39 is 0 Å². The third-order valence-corrected chi connectivity index (χ3v) is 2.78. The lowest BCUT2D eigenvalue weighted by molar-refractivity contribution is 0.100. The first-order chi connectivity index (χ1) is 9.75. The summed E-state index contributed by atoms with van der Waals surface area (Å²) in [5, 5.41) is 4.09. The van der Waals surface area contributed by atoms with Crippen LogP contribution in [-0.2, 0) is 0 Å². The second-order valence-electron chi connectivity index (χ2n) is 4.11. The summed E-state index contributed by atoms with van der Waals surface area (Å²) in [6, 6.07) is 14.8. The lowest BCUT2D eigenvalue weighted by atomic mass is 10.2. The van der Waals surface area contributed by atoms with Crippen LogP contribution in [0.15, 0.2) is 70.1 Å². The minimum atomic E-state index is -0.361. The van der Waals surface area contributed by atoms with Crippen LogP contribution in [0.5, 0.6) is 0 Å². The lowest BCUT2D eigenvalue weighted by Gasteiger charge is -2.05. The fraction of sp³-hybridized carbons (Fsp3) is 0. The molecule has 5 heteroatoms. The highest BCUT2D eigenvalue weighted by molar-refractivity contribution is 6.05. The molecule has 2 heterocycles. The van der Waals surface area contributed by atoms with E-state index in [1.807, 2.05) is 6.07 Å². The number of hydrogen-bond acceptors (Lipinski definition) is 4. The maximum atomic E-state index is 12.1. The van der Waals surface area contributed by atoms with Gasteiger partial charge in [-0.1, -0.05) is 18.2 Å². The number of ketones is 1. The van der Waals surface area contributed by atoms with Crippen molar-refractivity contribution in [2.75, 3.05) is 0 Å². The molecular weight excluding hydrogens is 256 g/mol. The number of hydrogen-bond donors (Lipinski definition) is 0. The van der Waals surface area contributed by atoms with Gasteiger partial charge in [0.1, 0.15) is 5.69 Å². The Labute approximate surface area is 114 Å². The minimum Gasteiger partial charge on any atom is -0.461 e. The summed E-state index contributed by atoms with van der Waals surface area (Å²) >= 11 is 0. The molecule has 3 aromatic rings. The molecule has 0 saturated heterocycles. The smallest absolute Gasteiger partial charge is 0.271 e. The normalized spacial score (nSPS) is 10.4. The Hall–Kier alpha value is -2.95. The van der Waals surface area contributed by atoms with E-state index in [9.17, 15) is 9.59 Å². The second kappa shape index (κ2) is 4.97. The van der Waals surface area contributed by atoms with Crippen LogP contribution in [0, 0.1) is 0 Å². The van der Waals surface area contributed by atoms with Gasteiger partial charge in [0.2, 0.25) is 5.78 Å². The Kier molecular flexibility index (Phi) is 3.01. The summed E-state index contributed by atoms with van der Waals surface area (Å²) in [5.41, 5.74) is 0.460. The molecule has 0 N–H and O–H groups in total. The summed E-state index contributed by atoms with van der Waals surface area (Å²) in [4.78, 5) is 24.0. The maximum absolute atomic E-state index is 12.1. The first-order valence-electron chi connectivity index (χ1n) is 6.00. The summed E-state index contributed by atoms with van der Waals surface area (Å²) < 4.78 is 6.24. The second-order valence-corrected chi connectivity index (χ2v) is 4.11. The number of furan rings is 1. The third-order valence-electron chi connectivity index (χ3n) is 2.78. The van der Waals surface area contributed by atoms with E-state index in [4.69, 9.17) is 4.42 Å². The van der Waals surface area contributed by atoms with E-state index in [1.165, 1.54) is 23.1 Å². The molecular formula is C15H10N2O3. The van der Waals surface area contributed by atoms with Crippen LogP contribution in [0.3, 0.4) is 0 Å². The number of aromatic nitrogens is 2. The van der Waals surface area contributed by atoms with Crippen molar-refractivity contribution in [3.63, 3.8) is 0 Å². The van der Waals surface area contributed by atoms with Crippen molar-refractivity contribution in [1.82, 2.24) is 9.78 Å². The van der Waals surface area contributed by atoms with Gasteiger partial charge in [0.05, 0.1) is 12.0 Å². The van der Waals surface area contributed by atoms with Crippen LogP contribution >= 0.6 is 0 Å². The summed E-state index contributed by atoms with van der Waals surface area (Å²) in [6.07, 6.45) is 1.42. The molecule has 2 aromatic heterocycles. The van der Waals surface area contributed by atoms with Crippen LogP contribution in [0.2, 0.25) is 0 Å². The molecule has 98 valence electrons. The molecule has 0 aliphatic heterocycles. The summed E-state index contributed by atoms with van der Waals surface area (Å²) in [6.45, 7) is 0. The topological polar surface area (TPSA) is 65.1 Å². The molecule has 0 saturated carbocycles. The maximum Gasteiger partial charge on any atom is 0.271 e. The standard InChI is InChI=1S/C15H10N2O3/c18-14-9-8-12(15(19)13-7-4-10-20-13)16-17(14)11-5-2-1-3-6-11/h1-10H. The Balaban J connectivity index is 2.08. The van der Waals surface area contributed by atoms with Crippen molar-refractivity contribution < 1.29 is 9.21 Å². The Morgan fingerprint density at radius 1 is 1.00 bits per heavy atom. The molecule has 0 bridgehead atoms. The van der Waals surface area contributed by atoms with Gasteiger partial charge < -0.3 is 4.42 Å². The summed E-state index contributed by atoms with van der Waals surface area (Å²) in [7, 11) is 0. The van der Waals surface area contributed by atoms with Gasteiger partial charge in [0, 0.05) is 6.07 Å². The first-order valence-corrected chi connectivity index (χ1v) is 6.00. The molecule has 0 radical (unpaired) electrons. The fourth-order valence-corrected chi connectivity index (χ4v) is 1.82. The SMILES string of the molecule is O=C(c1ccc(=O)n(-c2ccccc2)n1)c1ccco1. The van der Waals surface area contributed by atoms with Gasteiger partial charge in [-0.05, 0) is 30.3 Å². The van der Waals surface area contributed by atoms with Crippen LogP contribution in [0.25, 0.3) is 5.69 Å². The molecule has 0 aliphatic carbocycles. The van der Waals surface area contributed by atoms with E-state index in [-0.39, 0.29) is 22.8 Å². The number of nitrogens with zero attached hydrogens (tertiary/aromatic N) is 2. The molecule has 5 nitrogen and oxygen atoms in total. The minimum absolute atomic E-state index is 0.156. The van der Waals surface area contributed by atoms with E-state index in [0.717, 1.165) is 0 Å². The van der Waals surface area contributed by atoms with Crippen molar-refractivity contribution in [3.05, 3.63) is 82.7 Å². The number of para-hydroxylation sites is 1. The van der Waals surface area contributed by atoms with Gasteiger partial charge in [0.15, 0.2) is 5.76 Å². The molecule has 1 aromatic carbocycles. The van der Waals surface area contributed by atoms with E-state index in [0.29, 0.717) is 5.69 Å². The Bertz CT molecular complexity index is 789. The predicted molar refractivity (Wildman–Crippen MR) is 72.0 cm³/mol. The zero-order chi connectivity index (χ0) is 13.9. The average molecular weight is 266 g/mol. The lowest BCUT2D eigenvalue weighted by Crippen LogP contribution is -2.22. The zero-order valence-electron chi connectivity index (χ0n) is 10.4. The average Bonchev–Trinajstić information content (AvgIpc) is 3.02. The molecule has 0 aliphatic rings. The molecule has 20 heavy (non-hydrogen) atoms. The quantitative estimate of drug-likeness (QED) is 0.680. The number of benzene rings is 1. The Morgan fingerprint density at radius 3 is 2.50 bits per heavy atom. The van der Waals surface area contributed by atoms with Crippen molar-refractivity contribution >= 4 is 5.78 Å². The van der Waals surface area contributed by atoms with Crippen LogP contribution in [0.4, 0.5) is 0 Å². The van der Waals surface area contributed by atoms with E-state index in [2.05, 4.69) is 5.10 Å². The van der Waals surface area contributed by atoms with Gasteiger partial charge in [0.25, 0.3) is 5.56 Å². The fourth-order valence-electron chi connectivity index (χ4n) is 1.82. The van der Waals surface area contributed by atoms with Crippen molar-refractivity contribution in [2.45, 2.75) is 0 Å². The number of carbonyl (C=O) groups is 1. The van der Waals surface area contributed by atoms with Crippen molar-refractivity contribution in [3.8, 4) is 5.69 Å². The molecule has 3 rings (SSSR count). The van der Waals surface area contributed by atoms with Crippen LogP contribution in [0.1, 0.15) is 16.2 Å². The monoisotopic (exact) mass is 266 g/mol. The predicted octanol–water partition coefficient (Wildman–Crippen LogP) is 2.06. The largest absolute Gasteiger partial charge is 0.461 e. The molecule has 0 unspecified atom stereocenters. The van der Waals surface area contributed by atoms with Crippen LogP contribution < -0.4 is 5.56 Å². The third kappa shape index (κ3) is 2.16. The van der Waals surface area contributed by atoms with Gasteiger partial charge >= 0.3 is 0 Å². The van der Waals surface area contributed by atoms with Gasteiger partial charge in [-0.2, -0.15) is 9.78 Å². The highest BCUT2D eigenvalue weighted by Crippen LogP contribution is 2.08. The highest BCUT2D eigenvalue weighted by atomic mass is 16.3. The van der Waals surface area contributed by atoms with Gasteiger partial charge in [-0.3, -0.25) is 9.59 Å². The molecule has 0 spiro atoms. The Morgan fingerprint density at radius 2 is 1.80 bits per heavy atom. The molecule has 0 atom stereocenters. The molecule has 0 amide bonds. The number of carbonyl (C=O) groups excluding carboxylic acids is 1. The molecule has 0 fully saturated rings. The zero-order valence-corrected chi connectivity index (χ0v) is 10.4. The van der Waals surface area contributed by atoms with Crippen molar-refractivity contribution in [1.29, 1.82) is 0 Å². The highest BCUT2D eigenvalue weighted by Gasteiger charge is 2.15. The summed E-state index contributed by atoms with van der Waals surface area (Å²) in [5.74, 6) is -0.171. The van der Waals surface area contributed by atoms with Crippen LogP contribution in [-0.4, -0.2) is 15.6 Å². The van der Waals surface area contributed by atoms with Gasteiger partial charge in [-0.25, -0.2) is 0 Å². The van der Waals surface area contributed by atoms with E-state index in [1.54, 1.807) is 36.4 Å². The van der Waals surface area contributed by atoms with E-state index >= 15 is 0 Å². The van der Waals surface area contributed by atoms with Crippen molar-refractivity contribution in [2.24, 2.45) is 0 Å². The first kappa shape index (κ1) is 12.1.